The van der Waals surface area contributed by atoms with Crippen molar-refractivity contribution in [2.75, 3.05) is 0 Å². The highest BCUT2D eigenvalue weighted by Crippen LogP contribution is 2.24. The van der Waals surface area contributed by atoms with E-state index in [1.807, 2.05) is 4.72 Å². The fraction of sp³-hybridized carbons (Fsp3) is 0.200. The Labute approximate surface area is 122 Å². The molecule has 4 N–H and O–H groups in total. The summed E-state index contributed by atoms with van der Waals surface area (Å²) in [6.45, 7) is 1.17. The number of hydrogen-bond donors (Lipinski definition) is 3. The Bertz CT molecular complexity index is 676. The van der Waals surface area contributed by atoms with Gasteiger partial charge in [-0.15, -0.1) is 0 Å². The zero-order chi connectivity index (χ0) is 15.7. The summed E-state index contributed by atoms with van der Waals surface area (Å²) in [7, 11) is -4.43. The van der Waals surface area contributed by atoms with E-state index < -0.39 is 44.2 Å². The maximum absolute atomic E-state index is 13.9. The first-order valence-electron chi connectivity index (χ1n) is 5.10. The van der Waals surface area contributed by atoms with Gasteiger partial charge in [0.25, 0.3) is 0 Å². The molecular formula is C10H10BrFN2O5S. The van der Waals surface area contributed by atoms with E-state index in [4.69, 9.17) is 10.8 Å². The number of nitrogens with one attached hydrogen (secondary N) is 1. The molecule has 0 heterocycles. The lowest BCUT2D eigenvalue weighted by Gasteiger charge is -2.12. The number of carbonyl (C=O) groups excluding carboxylic acids is 1. The van der Waals surface area contributed by atoms with Crippen molar-refractivity contribution in [3.8, 4) is 0 Å². The van der Waals surface area contributed by atoms with E-state index in [2.05, 4.69) is 15.9 Å². The van der Waals surface area contributed by atoms with Crippen LogP contribution in [-0.2, 0) is 14.8 Å². The Morgan fingerprint density at radius 3 is 2.45 bits per heavy atom. The van der Waals surface area contributed by atoms with Crippen molar-refractivity contribution in [1.82, 2.24) is 4.72 Å². The van der Waals surface area contributed by atoms with Gasteiger partial charge >= 0.3 is 5.97 Å². The van der Waals surface area contributed by atoms with Crippen LogP contribution < -0.4 is 10.5 Å². The first-order chi connectivity index (χ1) is 9.06. The predicted octanol–water partition coefficient (Wildman–Crippen LogP) is 0.438. The number of carboxylic acid groups (broad SMARTS) is 1. The molecule has 0 radical (unpaired) electrons. The smallest absolute Gasteiger partial charge is 0.338 e. The van der Waals surface area contributed by atoms with Gasteiger partial charge in [0.1, 0.15) is 4.90 Å². The van der Waals surface area contributed by atoms with Gasteiger partial charge in [0, 0.05) is 4.47 Å². The maximum atomic E-state index is 13.9. The highest BCUT2D eigenvalue weighted by Gasteiger charge is 2.27. The van der Waals surface area contributed by atoms with E-state index in [0.717, 1.165) is 12.1 Å². The number of benzene rings is 1. The summed E-state index contributed by atoms with van der Waals surface area (Å²) in [4.78, 5) is 20.8. The topological polar surface area (TPSA) is 127 Å². The Morgan fingerprint density at radius 2 is 2.00 bits per heavy atom. The monoisotopic (exact) mass is 368 g/mol. The van der Waals surface area contributed by atoms with Crippen LogP contribution in [0, 0.1) is 5.82 Å². The Balaban J connectivity index is 3.39. The molecule has 0 aliphatic heterocycles. The van der Waals surface area contributed by atoms with Crippen molar-refractivity contribution in [2.45, 2.75) is 17.9 Å². The van der Waals surface area contributed by atoms with Gasteiger partial charge in [-0.05, 0) is 19.1 Å². The number of carbonyl (C=O) groups is 2. The minimum Gasteiger partial charge on any atom is -0.478 e. The summed E-state index contributed by atoms with van der Waals surface area (Å²) in [5.41, 5.74) is 4.09. The highest BCUT2D eigenvalue weighted by atomic mass is 79.9. The lowest BCUT2D eigenvalue weighted by Crippen LogP contribution is -2.42. The fourth-order valence-corrected chi connectivity index (χ4v) is 3.22. The number of carboxylic acids is 1. The summed E-state index contributed by atoms with van der Waals surface area (Å²) in [5, 5.41) is 8.80. The molecule has 1 aromatic carbocycles. The molecule has 1 amide bonds. The first-order valence-corrected chi connectivity index (χ1v) is 7.38. The number of halogens is 2. The molecule has 0 saturated heterocycles. The van der Waals surface area contributed by atoms with Crippen LogP contribution in [0.1, 0.15) is 17.3 Å². The van der Waals surface area contributed by atoms with Crippen LogP contribution in [0.15, 0.2) is 21.5 Å². The summed E-state index contributed by atoms with van der Waals surface area (Å²) in [6.07, 6.45) is 0. The number of primary amides is 1. The van der Waals surface area contributed by atoms with E-state index in [1.54, 1.807) is 0 Å². The molecule has 10 heteroatoms. The third kappa shape index (κ3) is 3.52. The van der Waals surface area contributed by atoms with E-state index in [0.29, 0.717) is 0 Å². The van der Waals surface area contributed by atoms with Gasteiger partial charge in [-0.1, -0.05) is 15.9 Å². The molecule has 0 aliphatic carbocycles. The van der Waals surface area contributed by atoms with Crippen molar-refractivity contribution < 1.29 is 27.5 Å². The Hall–Kier alpha value is -1.52. The molecule has 110 valence electrons. The van der Waals surface area contributed by atoms with Crippen LogP contribution in [0.5, 0.6) is 0 Å². The van der Waals surface area contributed by atoms with Crippen LogP contribution in [0.4, 0.5) is 4.39 Å². The van der Waals surface area contributed by atoms with Crippen LogP contribution in [0.2, 0.25) is 0 Å². The fourth-order valence-electron chi connectivity index (χ4n) is 1.27. The van der Waals surface area contributed by atoms with Crippen molar-refractivity contribution >= 4 is 37.8 Å². The third-order valence-electron chi connectivity index (χ3n) is 2.28. The normalized spacial score (nSPS) is 12.9. The van der Waals surface area contributed by atoms with Gasteiger partial charge in [0.05, 0.1) is 11.6 Å². The molecule has 0 aliphatic rings. The molecular weight excluding hydrogens is 359 g/mol. The number of nitrogens with two attached hydrogens (primary N) is 1. The SMILES string of the molecule is CC(NS(=O)(=O)c1cc(Br)cc(C(=O)O)c1F)C(N)=O. The summed E-state index contributed by atoms with van der Waals surface area (Å²) in [5.74, 6) is -4.00. The van der Waals surface area contributed by atoms with Gasteiger partial charge in [-0.3, -0.25) is 4.79 Å². The molecule has 1 rings (SSSR count). The van der Waals surface area contributed by atoms with Crippen LogP contribution in [-0.4, -0.2) is 31.4 Å². The van der Waals surface area contributed by atoms with Crippen molar-refractivity contribution in [3.05, 3.63) is 28.0 Å². The molecule has 1 aromatic rings. The second kappa shape index (κ2) is 5.85. The standard InChI is InChI=1S/C10H10BrFN2O5S/c1-4(9(13)15)14-20(18,19)7-3-5(11)2-6(8(7)12)10(16)17/h2-4,14H,1H3,(H2,13,15)(H,16,17). The zero-order valence-corrected chi connectivity index (χ0v) is 12.5. The average Bonchev–Trinajstić information content (AvgIpc) is 2.30. The predicted molar refractivity (Wildman–Crippen MR) is 70.0 cm³/mol. The number of rotatable bonds is 5. The molecule has 0 saturated carbocycles. The molecule has 20 heavy (non-hydrogen) atoms. The largest absolute Gasteiger partial charge is 0.478 e. The maximum Gasteiger partial charge on any atom is 0.338 e. The number of hydrogen-bond acceptors (Lipinski definition) is 4. The van der Waals surface area contributed by atoms with Gasteiger partial charge < -0.3 is 10.8 Å². The Kier molecular flexibility index (Phi) is 4.84. The summed E-state index contributed by atoms with van der Waals surface area (Å²) < 4.78 is 39.7. The van der Waals surface area contributed by atoms with Gasteiger partial charge in [0.2, 0.25) is 15.9 Å². The average molecular weight is 369 g/mol. The molecule has 0 spiro atoms. The van der Waals surface area contributed by atoms with E-state index >= 15 is 0 Å². The molecule has 1 atom stereocenters. The lowest BCUT2D eigenvalue weighted by molar-refractivity contribution is -0.119. The third-order valence-corrected chi connectivity index (χ3v) is 4.28. The first kappa shape index (κ1) is 16.5. The second-order valence-electron chi connectivity index (χ2n) is 3.82. The minimum atomic E-state index is -4.43. The van der Waals surface area contributed by atoms with E-state index in [9.17, 15) is 22.4 Å². The van der Waals surface area contributed by atoms with E-state index in [1.165, 1.54) is 6.92 Å². The number of aromatic carboxylic acids is 1. The number of sulfonamides is 1. The van der Waals surface area contributed by atoms with Crippen molar-refractivity contribution in [1.29, 1.82) is 0 Å². The Morgan fingerprint density at radius 1 is 1.45 bits per heavy atom. The van der Waals surface area contributed by atoms with Gasteiger partial charge in [0.15, 0.2) is 5.82 Å². The second-order valence-corrected chi connectivity index (χ2v) is 6.41. The molecule has 0 fully saturated rings. The van der Waals surface area contributed by atoms with Crippen molar-refractivity contribution in [2.24, 2.45) is 5.73 Å². The van der Waals surface area contributed by atoms with Crippen LogP contribution in [0.3, 0.4) is 0 Å². The molecule has 1 unspecified atom stereocenters. The lowest BCUT2D eigenvalue weighted by atomic mass is 10.2. The molecule has 0 aromatic heterocycles. The van der Waals surface area contributed by atoms with Crippen LogP contribution >= 0.6 is 15.9 Å². The summed E-state index contributed by atoms with van der Waals surface area (Å²) in [6, 6.07) is 0.540. The van der Waals surface area contributed by atoms with Gasteiger partial charge in [-0.2, -0.15) is 4.72 Å². The zero-order valence-electron chi connectivity index (χ0n) is 10.1. The van der Waals surface area contributed by atoms with E-state index in [-0.39, 0.29) is 4.47 Å². The van der Waals surface area contributed by atoms with Gasteiger partial charge in [-0.25, -0.2) is 17.6 Å². The van der Waals surface area contributed by atoms with Crippen LogP contribution in [0.25, 0.3) is 0 Å². The van der Waals surface area contributed by atoms with Crippen molar-refractivity contribution in [3.63, 3.8) is 0 Å². The highest BCUT2D eigenvalue weighted by molar-refractivity contribution is 9.10. The summed E-state index contributed by atoms with van der Waals surface area (Å²) >= 11 is 2.89. The quantitative estimate of drug-likeness (QED) is 0.694. The number of amides is 1. The molecule has 0 bridgehead atoms. The molecule has 7 nitrogen and oxygen atoms in total. The minimum absolute atomic E-state index is 0.0587.